The summed E-state index contributed by atoms with van der Waals surface area (Å²) in [5.74, 6) is 0.969. The summed E-state index contributed by atoms with van der Waals surface area (Å²) in [5, 5.41) is 3.39. The third-order valence-corrected chi connectivity index (χ3v) is 3.42. The number of hydrogen-bond acceptors (Lipinski definition) is 1. The molecule has 0 aliphatic heterocycles. The Hall–Kier alpha value is -0.340. The van der Waals surface area contributed by atoms with E-state index in [4.69, 9.17) is 0 Å². The van der Waals surface area contributed by atoms with Crippen LogP contribution in [0.5, 0.6) is 0 Å². The van der Waals surface area contributed by atoms with Crippen LogP contribution in [0.1, 0.15) is 30.9 Å². The zero-order chi connectivity index (χ0) is 9.97. The molecule has 0 heterocycles. The van der Waals surface area contributed by atoms with Gasteiger partial charge >= 0.3 is 0 Å². The van der Waals surface area contributed by atoms with Crippen molar-refractivity contribution in [1.82, 2.24) is 5.32 Å². The van der Waals surface area contributed by atoms with Crippen LogP contribution in [0.25, 0.3) is 0 Å². The van der Waals surface area contributed by atoms with E-state index in [0.29, 0.717) is 6.04 Å². The summed E-state index contributed by atoms with van der Waals surface area (Å²) >= 11 is 3.46. The molecule has 0 radical (unpaired) electrons. The molecule has 1 nitrogen and oxygen atoms in total. The minimum Gasteiger partial charge on any atom is -0.313 e. The van der Waals surface area contributed by atoms with Crippen LogP contribution in [-0.4, -0.2) is 7.05 Å². The molecule has 2 heteroatoms. The van der Waals surface area contributed by atoms with Gasteiger partial charge in [-0.1, -0.05) is 40.9 Å². The minimum absolute atomic E-state index is 0.538. The van der Waals surface area contributed by atoms with E-state index in [1.807, 2.05) is 0 Å². The zero-order valence-corrected chi connectivity index (χ0v) is 10.0. The van der Waals surface area contributed by atoms with Crippen molar-refractivity contribution >= 4 is 15.9 Å². The average molecular weight is 254 g/mol. The van der Waals surface area contributed by atoms with E-state index in [1.54, 1.807) is 0 Å². The maximum Gasteiger partial charge on any atom is 0.0320 e. The van der Waals surface area contributed by atoms with Crippen molar-refractivity contribution in [3.8, 4) is 0 Å². The van der Waals surface area contributed by atoms with Gasteiger partial charge in [-0.15, -0.1) is 0 Å². The van der Waals surface area contributed by atoms with Gasteiger partial charge in [-0.05, 0) is 37.1 Å². The lowest BCUT2D eigenvalue weighted by Crippen LogP contribution is -2.16. The Kier molecular flexibility index (Phi) is 3.24. The Morgan fingerprint density at radius 3 is 2.50 bits per heavy atom. The lowest BCUT2D eigenvalue weighted by atomic mass is 10.0. The van der Waals surface area contributed by atoms with E-state index >= 15 is 0 Å². The maximum atomic E-state index is 3.46. The van der Waals surface area contributed by atoms with Gasteiger partial charge in [-0.3, -0.25) is 0 Å². The summed E-state index contributed by atoms with van der Waals surface area (Å²) in [6.07, 6.45) is 4.14. The fourth-order valence-corrected chi connectivity index (χ4v) is 2.07. The topological polar surface area (TPSA) is 12.0 Å². The first-order valence-electron chi connectivity index (χ1n) is 5.22. The lowest BCUT2D eigenvalue weighted by molar-refractivity contribution is 0.514. The van der Waals surface area contributed by atoms with Gasteiger partial charge in [0.25, 0.3) is 0 Å². The van der Waals surface area contributed by atoms with Gasteiger partial charge in [0.15, 0.2) is 0 Å². The highest BCUT2D eigenvalue weighted by Gasteiger charge is 2.25. The van der Waals surface area contributed by atoms with E-state index < -0.39 is 0 Å². The fraction of sp³-hybridized carbons (Fsp3) is 0.500. The number of hydrogen-bond donors (Lipinski definition) is 1. The fourth-order valence-electron chi connectivity index (χ4n) is 1.80. The first kappa shape index (κ1) is 10.2. The van der Waals surface area contributed by atoms with Gasteiger partial charge in [-0.25, -0.2) is 0 Å². The molecule has 0 spiro atoms. The van der Waals surface area contributed by atoms with E-state index in [9.17, 15) is 0 Å². The van der Waals surface area contributed by atoms with Crippen LogP contribution in [0.2, 0.25) is 0 Å². The molecule has 1 fully saturated rings. The average Bonchev–Trinajstić information content (AvgIpc) is 3.00. The summed E-state index contributed by atoms with van der Waals surface area (Å²) in [6, 6.07) is 9.18. The summed E-state index contributed by atoms with van der Waals surface area (Å²) in [5.41, 5.74) is 1.41. The Morgan fingerprint density at radius 2 is 2.00 bits per heavy atom. The van der Waals surface area contributed by atoms with Crippen molar-refractivity contribution in [3.63, 3.8) is 0 Å². The Bertz CT molecular complexity index is 290. The van der Waals surface area contributed by atoms with E-state index in [-0.39, 0.29) is 0 Å². The van der Waals surface area contributed by atoms with Crippen LogP contribution >= 0.6 is 15.9 Å². The molecule has 1 atom stereocenters. The third-order valence-electron chi connectivity index (χ3n) is 2.89. The van der Waals surface area contributed by atoms with Gasteiger partial charge in [0.05, 0.1) is 0 Å². The number of halogens is 1. The third kappa shape index (κ3) is 2.58. The molecule has 14 heavy (non-hydrogen) atoms. The molecule has 1 N–H and O–H groups in total. The molecule has 0 aromatic heterocycles. The number of benzene rings is 1. The van der Waals surface area contributed by atoms with E-state index in [2.05, 4.69) is 52.6 Å². The quantitative estimate of drug-likeness (QED) is 0.866. The highest BCUT2D eigenvalue weighted by Crippen LogP contribution is 2.37. The van der Waals surface area contributed by atoms with Crippen molar-refractivity contribution in [2.24, 2.45) is 5.92 Å². The molecule has 1 aliphatic rings. The molecular formula is C12H16BrN. The van der Waals surface area contributed by atoms with Gasteiger partial charge in [0.1, 0.15) is 0 Å². The highest BCUT2D eigenvalue weighted by molar-refractivity contribution is 9.10. The van der Waals surface area contributed by atoms with Crippen LogP contribution in [0.4, 0.5) is 0 Å². The largest absolute Gasteiger partial charge is 0.313 e. The molecule has 1 aromatic carbocycles. The Labute approximate surface area is 94.0 Å². The Morgan fingerprint density at radius 1 is 1.36 bits per heavy atom. The molecule has 0 saturated heterocycles. The lowest BCUT2D eigenvalue weighted by Gasteiger charge is -2.16. The van der Waals surface area contributed by atoms with Gasteiger partial charge in [0, 0.05) is 10.5 Å². The second-order valence-corrected chi connectivity index (χ2v) is 4.99. The molecular weight excluding hydrogens is 238 g/mol. The molecule has 76 valence electrons. The SMILES string of the molecule is CNC(CC1CC1)c1ccc(Br)cc1. The van der Waals surface area contributed by atoms with Crippen molar-refractivity contribution in [3.05, 3.63) is 34.3 Å². The van der Waals surface area contributed by atoms with Gasteiger partial charge in [-0.2, -0.15) is 0 Å². The molecule has 1 saturated carbocycles. The van der Waals surface area contributed by atoms with Gasteiger partial charge < -0.3 is 5.32 Å². The summed E-state index contributed by atoms with van der Waals surface area (Å²) in [7, 11) is 2.05. The maximum absolute atomic E-state index is 3.46. The van der Waals surface area contributed by atoms with Crippen LogP contribution in [0, 0.1) is 5.92 Å². The standard InChI is InChI=1S/C12H16BrN/c1-14-12(8-9-2-3-9)10-4-6-11(13)7-5-10/h4-7,9,12,14H,2-3,8H2,1H3. The van der Waals surface area contributed by atoms with Crippen LogP contribution in [-0.2, 0) is 0 Å². The first-order valence-corrected chi connectivity index (χ1v) is 6.01. The smallest absolute Gasteiger partial charge is 0.0320 e. The summed E-state index contributed by atoms with van der Waals surface area (Å²) < 4.78 is 1.16. The van der Waals surface area contributed by atoms with Crippen LogP contribution < -0.4 is 5.32 Å². The van der Waals surface area contributed by atoms with Crippen molar-refractivity contribution in [2.45, 2.75) is 25.3 Å². The van der Waals surface area contributed by atoms with E-state index in [0.717, 1.165) is 10.4 Å². The van der Waals surface area contributed by atoms with Crippen molar-refractivity contribution < 1.29 is 0 Å². The molecule has 1 unspecified atom stereocenters. The molecule has 0 amide bonds. The minimum atomic E-state index is 0.538. The highest BCUT2D eigenvalue weighted by atomic mass is 79.9. The van der Waals surface area contributed by atoms with E-state index in [1.165, 1.54) is 24.8 Å². The predicted molar refractivity (Wildman–Crippen MR) is 63.3 cm³/mol. The monoisotopic (exact) mass is 253 g/mol. The van der Waals surface area contributed by atoms with Crippen molar-refractivity contribution in [2.75, 3.05) is 7.05 Å². The number of nitrogens with one attached hydrogen (secondary N) is 1. The zero-order valence-electron chi connectivity index (χ0n) is 8.46. The molecule has 1 aliphatic carbocycles. The molecule has 0 bridgehead atoms. The van der Waals surface area contributed by atoms with Crippen molar-refractivity contribution in [1.29, 1.82) is 0 Å². The second kappa shape index (κ2) is 4.45. The molecule has 2 rings (SSSR count). The second-order valence-electron chi connectivity index (χ2n) is 4.07. The van der Waals surface area contributed by atoms with Gasteiger partial charge in [0.2, 0.25) is 0 Å². The summed E-state index contributed by atoms with van der Waals surface area (Å²) in [4.78, 5) is 0. The van der Waals surface area contributed by atoms with Crippen LogP contribution in [0.3, 0.4) is 0 Å². The van der Waals surface area contributed by atoms with Crippen LogP contribution in [0.15, 0.2) is 28.7 Å². The predicted octanol–water partition coefficient (Wildman–Crippen LogP) is 3.51. The Balaban J connectivity index is 2.05. The number of rotatable bonds is 4. The molecule has 1 aromatic rings. The normalized spacial score (nSPS) is 18.1. The first-order chi connectivity index (χ1) is 6.79. The summed E-state index contributed by atoms with van der Waals surface area (Å²) in [6.45, 7) is 0.